The lowest BCUT2D eigenvalue weighted by molar-refractivity contribution is -0.116. The zero-order chi connectivity index (χ0) is 24.2. The number of nitrogens with zero attached hydrogens (tertiary/aromatic N) is 3. The van der Waals surface area contributed by atoms with Crippen molar-refractivity contribution in [1.29, 1.82) is 0 Å². The van der Waals surface area contributed by atoms with Gasteiger partial charge in [0.1, 0.15) is 21.9 Å². The minimum Gasteiger partial charge on any atom is -0.497 e. The van der Waals surface area contributed by atoms with E-state index in [1.165, 1.54) is 21.5 Å². The third kappa shape index (κ3) is 5.05. The molecule has 9 heteroatoms. The van der Waals surface area contributed by atoms with Gasteiger partial charge in [-0.2, -0.15) is 0 Å². The van der Waals surface area contributed by atoms with E-state index in [2.05, 4.69) is 29.1 Å². The fraction of sp³-hybridized carbons (Fsp3) is 0.200. The van der Waals surface area contributed by atoms with Crippen molar-refractivity contribution in [2.75, 3.05) is 26.0 Å². The molecule has 1 N–H and O–H groups in total. The van der Waals surface area contributed by atoms with Crippen LogP contribution in [0.5, 0.6) is 5.75 Å². The fourth-order valence-electron chi connectivity index (χ4n) is 3.46. The monoisotopic (exact) mass is 492 g/mol. The Kier molecular flexibility index (Phi) is 7.14. The second kappa shape index (κ2) is 10.2. The summed E-state index contributed by atoms with van der Waals surface area (Å²) in [6, 6.07) is 14.4. The Balaban J connectivity index is 1.52. The lowest BCUT2D eigenvalue weighted by Crippen LogP contribution is -2.35. The average Bonchev–Trinajstić information content (AvgIpc) is 3.13. The van der Waals surface area contributed by atoms with Crippen molar-refractivity contribution in [3.05, 3.63) is 70.9 Å². The van der Waals surface area contributed by atoms with Crippen LogP contribution in [0.25, 0.3) is 10.2 Å². The number of carbonyl (C=O) groups is 2. The molecule has 0 atom stereocenters. The van der Waals surface area contributed by atoms with Crippen molar-refractivity contribution >= 4 is 50.8 Å². The first kappa shape index (κ1) is 23.7. The van der Waals surface area contributed by atoms with E-state index in [1.54, 1.807) is 62.2 Å². The van der Waals surface area contributed by atoms with Crippen molar-refractivity contribution in [3.8, 4) is 5.75 Å². The predicted molar refractivity (Wildman–Crippen MR) is 136 cm³/mol. The van der Waals surface area contributed by atoms with E-state index < -0.39 is 0 Å². The highest BCUT2D eigenvalue weighted by Gasteiger charge is 2.20. The number of rotatable bonds is 7. The standard InChI is InChI=1S/C25H24N4O3S2/c1-15-16(2)33-23-22(15)24(27-14-26-23)34-20-11-6-5-10-19(20)25(31)29(3)13-21(30)28-17-8-7-9-18(12-17)32-4/h5-12,14H,13H2,1-4H3,(H,28,30). The van der Waals surface area contributed by atoms with Gasteiger partial charge in [-0.15, -0.1) is 11.3 Å². The summed E-state index contributed by atoms with van der Waals surface area (Å²) in [5.74, 6) is 0.103. The van der Waals surface area contributed by atoms with E-state index >= 15 is 0 Å². The molecule has 0 aliphatic carbocycles. The molecular weight excluding hydrogens is 468 g/mol. The summed E-state index contributed by atoms with van der Waals surface area (Å²) >= 11 is 3.07. The Hall–Kier alpha value is -3.43. The number of anilines is 1. The van der Waals surface area contributed by atoms with Crippen molar-refractivity contribution in [3.63, 3.8) is 0 Å². The summed E-state index contributed by atoms with van der Waals surface area (Å²) in [7, 11) is 3.18. The van der Waals surface area contributed by atoms with Gasteiger partial charge in [0.15, 0.2) is 0 Å². The zero-order valence-corrected chi connectivity index (χ0v) is 20.9. The number of aromatic nitrogens is 2. The van der Waals surface area contributed by atoms with Gasteiger partial charge in [0.2, 0.25) is 5.91 Å². The molecule has 7 nitrogen and oxygen atoms in total. The van der Waals surface area contributed by atoms with Crippen LogP contribution in [0, 0.1) is 13.8 Å². The number of thiophene rings is 1. The summed E-state index contributed by atoms with van der Waals surface area (Å²) in [6.07, 6.45) is 1.56. The highest BCUT2D eigenvalue weighted by Crippen LogP contribution is 2.38. The van der Waals surface area contributed by atoms with Crippen LogP contribution >= 0.6 is 23.1 Å². The molecule has 4 rings (SSSR count). The van der Waals surface area contributed by atoms with Crippen LogP contribution in [-0.4, -0.2) is 47.4 Å². The summed E-state index contributed by atoms with van der Waals surface area (Å²) in [6.45, 7) is 4.04. The normalized spacial score (nSPS) is 10.8. The summed E-state index contributed by atoms with van der Waals surface area (Å²) in [4.78, 5) is 39.0. The molecule has 174 valence electrons. The highest BCUT2D eigenvalue weighted by atomic mass is 32.2. The van der Waals surface area contributed by atoms with E-state index in [0.717, 1.165) is 25.7 Å². The lowest BCUT2D eigenvalue weighted by Gasteiger charge is -2.18. The molecule has 0 bridgehead atoms. The molecule has 0 aliphatic rings. The topological polar surface area (TPSA) is 84.4 Å². The van der Waals surface area contributed by atoms with E-state index in [9.17, 15) is 9.59 Å². The molecule has 0 unspecified atom stereocenters. The Morgan fingerprint density at radius 3 is 2.71 bits per heavy atom. The van der Waals surface area contributed by atoms with Crippen LogP contribution in [0.1, 0.15) is 20.8 Å². The number of hydrogen-bond acceptors (Lipinski definition) is 7. The summed E-state index contributed by atoms with van der Waals surface area (Å²) in [5.41, 5.74) is 2.27. The van der Waals surface area contributed by atoms with Gasteiger partial charge in [-0.3, -0.25) is 9.59 Å². The molecule has 34 heavy (non-hydrogen) atoms. The third-order valence-electron chi connectivity index (χ3n) is 5.34. The molecule has 4 aromatic rings. The van der Waals surface area contributed by atoms with Gasteiger partial charge in [0.25, 0.3) is 5.91 Å². The molecule has 0 spiro atoms. The molecule has 2 aromatic heterocycles. The molecule has 2 amide bonds. The molecular formula is C25H24N4O3S2. The van der Waals surface area contributed by atoms with Crippen LogP contribution in [0.3, 0.4) is 0 Å². The van der Waals surface area contributed by atoms with Gasteiger partial charge in [0, 0.05) is 34.0 Å². The maximum atomic E-state index is 13.3. The molecule has 2 heterocycles. The second-order valence-electron chi connectivity index (χ2n) is 7.68. The Labute approximate surface area is 206 Å². The van der Waals surface area contributed by atoms with Gasteiger partial charge in [0.05, 0.1) is 19.2 Å². The number of carbonyl (C=O) groups excluding carboxylic acids is 2. The zero-order valence-electron chi connectivity index (χ0n) is 19.3. The lowest BCUT2D eigenvalue weighted by atomic mass is 10.2. The van der Waals surface area contributed by atoms with E-state index in [1.807, 2.05) is 18.2 Å². The van der Waals surface area contributed by atoms with Crippen LogP contribution in [-0.2, 0) is 4.79 Å². The molecule has 0 aliphatic heterocycles. The molecule has 2 aromatic carbocycles. The number of benzene rings is 2. The SMILES string of the molecule is COc1cccc(NC(=O)CN(C)C(=O)c2ccccc2Sc2ncnc3sc(C)c(C)c23)c1. The maximum Gasteiger partial charge on any atom is 0.255 e. The summed E-state index contributed by atoms with van der Waals surface area (Å²) in [5, 5.41) is 4.63. The summed E-state index contributed by atoms with van der Waals surface area (Å²) < 4.78 is 5.18. The van der Waals surface area contributed by atoms with Crippen molar-refractivity contribution in [2.45, 2.75) is 23.8 Å². The van der Waals surface area contributed by atoms with Gasteiger partial charge >= 0.3 is 0 Å². The third-order valence-corrected chi connectivity index (χ3v) is 7.53. The van der Waals surface area contributed by atoms with Crippen molar-refractivity contribution in [2.24, 2.45) is 0 Å². The Bertz CT molecular complexity index is 1370. The number of nitrogens with one attached hydrogen (secondary N) is 1. The van der Waals surface area contributed by atoms with E-state index in [0.29, 0.717) is 17.0 Å². The number of hydrogen-bond donors (Lipinski definition) is 1. The first-order chi connectivity index (χ1) is 16.4. The van der Waals surface area contributed by atoms with E-state index in [-0.39, 0.29) is 18.4 Å². The van der Waals surface area contributed by atoms with Gasteiger partial charge < -0.3 is 15.0 Å². The smallest absolute Gasteiger partial charge is 0.255 e. The maximum absolute atomic E-state index is 13.3. The average molecular weight is 493 g/mol. The van der Waals surface area contributed by atoms with Crippen LogP contribution in [0.15, 0.2) is 64.8 Å². The largest absolute Gasteiger partial charge is 0.497 e. The fourth-order valence-corrected chi connectivity index (χ4v) is 5.59. The quantitative estimate of drug-likeness (QED) is 0.358. The minimum absolute atomic E-state index is 0.0877. The highest BCUT2D eigenvalue weighted by molar-refractivity contribution is 7.99. The van der Waals surface area contributed by atoms with Crippen LogP contribution in [0.2, 0.25) is 0 Å². The first-order valence-electron chi connectivity index (χ1n) is 10.5. The van der Waals surface area contributed by atoms with Gasteiger partial charge in [-0.05, 0) is 43.7 Å². The van der Waals surface area contributed by atoms with Crippen molar-refractivity contribution in [1.82, 2.24) is 14.9 Å². The van der Waals surface area contributed by atoms with Crippen LogP contribution < -0.4 is 10.1 Å². The van der Waals surface area contributed by atoms with E-state index in [4.69, 9.17) is 4.74 Å². The Morgan fingerprint density at radius 1 is 1.12 bits per heavy atom. The number of aryl methyl sites for hydroxylation is 2. The van der Waals surface area contributed by atoms with Gasteiger partial charge in [-0.25, -0.2) is 9.97 Å². The number of methoxy groups -OCH3 is 1. The van der Waals surface area contributed by atoms with Crippen molar-refractivity contribution < 1.29 is 14.3 Å². The number of fused-ring (bicyclic) bond motifs is 1. The molecule has 0 fully saturated rings. The van der Waals surface area contributed by atoms with Gasteiger partial charge in [-0.1, -0.05) is 30.0 Å². The molecule has 0 saturated heterocycles. The van der Waals surface area contributed by atoms with Crippen LogP contribution in [0.4, 0.5) is 5.69 Å². The number of amides is 2. The molecule has 0 radical (unpaired) electrons. The Morgan fingerprint density at radius 2 is 1.91 bits per heavy atom. The molecule has 0 saturated carbocycles. The number of likely N-dealkylation sites (N-methyl/N-ethyl adjacent to an activating group) is 1. The number of ether oxygens (including phenoxy) is 1. The predicted octanol–water partition coefficient (Wildman–Crippen LogP) is 5.18. The second-order valence-corrected chi connectivity index (χ2v) is 9.92. The minimum atomic E-state index is -0.295. The first-order valence-corrected chi connectivity index (χ1v) is 12.2.